The lowest BCUT2D eigenvalue weighted by atomic mass is 9.93. The Kier molecular flexibility index (Phi) is 8.79. The van der Waals surface area contributed by atoms with Crippen molar-refractivity contribution in [1.29, 1.82) is 0 Å². The third-order valence-corrected chi connectivity index (χ3v) is 11.4. The van der Waals surface area contributed by atoms with Gasteiger partial charge in [0, 0.05) is 33.2 Å². The number of furan rings is 1. The summed E-state index contributed by atoms with van der Waals surface area (Å²) in [6.45, 7) is 0. The van der Waals surface area contributed by atoms with Crippen LogP contribution in [0.5, 0.6) is 0 Å². The Morgan fingerprint density at radius 3 is 1.23 bits per heavy atom. The zero-order valence-corrected chi connectivity index (χ0v) is 32.6. The molecule has 0 aliphatic heterocycles. The smallest absolute Gasteiger partial charge is 0.168 e. The van der Waals surface area contributed by atoms with Gasteiger partial charge in [-0.1, -0.05) is 188 Å². The predicted octanol–water partition coefficient (Wildman–Crippen LogP) is 14.8. The Morgan fingerprint density at radius 2 is 0.683 bits per heavy atom. The molecule has 2 aromatic heterocycles. The number of rotatable bonds is 8. The molecule has 11 aromatic rings. The Labute approximate surface area is 348 Å². The van der Waals surface area contributed by atoms with Crippen LogP contribution in [-0.2, 0) is 0 Å². The lowest BCUT2D eigenvalue weighted by Gasteiger charge is -2.12. The van der Waals surface area contributed by atoms with Crippen molar-refractivity contribution in [1.82, 2.24) is 14.8 Å². The van der Waals surface area contributed by atoms with Gasteiger partial charge >= 0.3 is 0 Å². The van der Waals surface area contributed by atoms with Gasteiger partial charge in [-0.15, -0.1) is 10.2 Å². The first-order valence-electron chi connectivity index (χ1n) is 20.2. The zero-order valence-electron chi connectivity index (χ0n) is 32.6. The predicted molar refractivity (Wildman–Crippen MR) is 247 cm³/mol. The van der Waals surface area contributed by atoms with Crippen molar-refractivity contribution in [2.45, 2.75) is 0 Å². The van der Waals surface area contributed by atoms with Gasteiger partial charge in [0.15, 0.2) is 11.6 Å². The quantitative estimate of drug-likeness (QED) is 0.155. The summed E-state index contributed by atoms with van der Waals surface area (Å²) < 4.78 is 8.92. The average molecular weight is 768 g/mol. The molecule has 4 nitrogen and oxygen atoms in total. The maximum Gasteiger partial charge on any atom is 0.168 e. The Balaban J connectivity index is 1.03. The van der Waals surface area contributed by atoms with Gasteiger partial charge in [0.05, 0.1) is 0 Å². The molecule has 0 amide bonds. The van der Waals surface area contributed by atoms with Crippen molar-refractivity contribution >= 4 is 21.9 Å². The van der Waals surface area contributed by atoms with Crippen LogP contribution < -0.4 is 0 Å². The van der Waals surface area contributed by atoms with Gasteiger partial charge in [-0.05, 0) is 86.5 Å². The molecule has 0 N–H and O–H groups in total. The molecule has 4 heteroatoms. The number of benzene rings is 9. The van der Waals surface area contributed by atoms with E-state index in [0.717, 1.165) is 83.8 Å². The van der Waals surface area contributed by atoms with Gasteiger partial charge in [-0.2, -0.15) is 0 Å². The molecule has 9 aromatic carbocycles. The van der Waals surface area contributed by atoms with Crippen LogP contribution in [0.25, 0.3) is 106 Å². The highest BCUT2D eigenvalue weighted by atomic mass is 16.3. The molecule has 0 saturated carbocycles. The summed E-state index contributed by atoms with van der Waals surface area (Å²) in [5, 5.41) is 11.6. The summed E-state index contributed by atoms with van der Waals surface area (Å²) in [5.41, 5.74) is 16.1. The first-order chi connectivity index (χ1) is 29.7. The van der Waals surface area contributed by atoms with Crippen LogP contribution in [0.1, 0.15) is 0 Å². The fourth-order valence-corrected chi connectivity index (χ4v) is 8.28. The van der Waals surface area contributed by atoms with E-state index in [4.69, 9.17) is 14.6 Å². The number of aromatic nitrogens is 3. The number of hydrogen-bond donors (Lipinski definition) is 0. The van der Waals surface area contributed by atoms with Crippen molar-refractivity contribution in [3.05, 3.63) is 224 Å². The van der Waals surface area contributed by atoms with E-state index in [1.807, 2.05) is 36.4 Å². The summed E-state index contributed by atoms with van der Waals surface area (Å²) >= 11 is 0. The number of nitrogens with zero attached hydrogens (tertiary/aromatic N) is 3. The van der Waals surface area contributed by atoms with E-state index in [1.165, 1.54) is 22.3 Å². The third-order valence-electron chi connectivity index (χ3n) is 11.4. The minimum atomic E-state index is 0.775. The molecule has 0 aliphatic carbocycles. The van der Waals surface area contributed by atoms with E-state index in [9.17, 15) is 0 Å². The fraction of sp³-hybridized carbons (Fsp3) is 0. The normalized spacial score (nSPS) is 11.3. The molecule has 0 unspecified atom stereocenters. The van der Waals surface area contributed by atoms with Gasteiger partial charge in [0.25, 0.3) is 0 Å². The van der Waals surface area contributed by atoms with Gasteiger partial charge in [0.1, 0.15) is 11.2 Å². The lowest BCUT2D eigenvalue weighted by Crippen LogP contribution is -2.00. The van der Waals surface area contributed by atoms with Crippen molar-refractivity contribution < 1.29 is 4.42 Å². The second-order valence-corrected chi connectivity index (χ2v) is 15.1. The molecule has 0 bridgehead atoms. The van der Waals surface area contributed by atoms with Crippen LogP contribution in [-0.4, -0.2) is 14.8 Å². The molecule has 0 radical (unpaired) electrons. The first-order valence-corrected chi connectivity index (χ1v) is 20.2. The molecule has 0 spiro atoms. The minimum Gasteiger partial charge on any atom is -0.455 e. The summed E-state index contributed by atoms with van der Waals surface area (Å²) in [6, 6.07) is 78.9. The summed E-state index contributed by atoms with van der Waals surface area (Å²) in [6.07, 6.45) is 0. The van der Waals surface area contributed by atoms with Crippen molar-refractivity contribution in [2.24, 2.45) is 0 Å². The molecule has 0 fully saturated rings. The SMILES string of the molecule is c1ccc(-c2ccc(-c3ccc4oc5c(-c6ccc(-c7nnc(-c8ccccc8)n7-c7ccccc7)cc6)cc(-c6ccc(-c7ccccc7)cc6)cc5c4c3)cc2)cc1. The highest BCUT2D eigenvalue weighted by molar-refractivity contribution is 6.12. The summed E-state index contributed by atoms with van der Waals surface area (Å²) in [7, 11) is 0. The average Bonchev–Trinajstić information content (AvgIpc) is 3.95. The molecule has 0 aliphatic rings. The van der Waals surface area contributed by atoms with Crippen molar-refractivity contribution in [3.8, 4) is 84.1 Å². The summed E-state index contributed by atoms with van der Waals surface area (Å²) in [5.74, 6) is 1.57. The van der Waals surface area contributed by atoms with Gasteiger partial charge in [-0.25, -0.2) is 0 Å². The van der Waals surface area contributed by atoms with E-state index in [2.05, 4.69) is 193 Å². The molecule has 0 atom stereocenters. The van der Waals surface area contributed by atoms with Crippen molar-refractivity contribution in [2.75, 3.05) is 0 Å². The van der Waals surface area contributed by atoms with Crippen LogP contribution in [0.15, 0.2) is 229 Å². The van der Waals surface area contributed by atoms with Crippen LogP contribution >= 0.6 is 0 Å². The highest BCUT2D eigenvalue weighted by Gasteiger charge is 2.20. The van der Waals surface area contributed by atoms with Gasteiger partial charge in [-0.3, -0.25) is 4.57 Å². The molecule has 60 heavy (non-hydrogen) atoms. The number of para-hydroxylation sites is 1. The first kappa shape index (κ1) is 35.1. The number of hydrogen-bond acceptors (Lipinski definition) is 3. The maximum atomic E-state index is 6.79. The van der Waals surface area contributed by atoms with Crippen LogP contribution in [0.4, 0.5) is 0 Å². The molecular weight excluding hydrogens is 731 g/mol. The second kappa shape index (κ2) is 15.0. The van der Waals surface area contributed by atoms with E-state index >= 15 is 0 Å². The molecule has 2 heterocycles. The highest BCUT2D eigenvalue weighted by Crippen LogP contribution is 2.42. The minimum absolute atomic E-state index is 0.775. The summed E-state index contributed by atoms with van der Waals surface area (Å²) in [4.78, 5) is 0. The van der Waals surface area contributed by atoms with E-state index in [-0.39, 0.29) is 0 Å². The monoisotopic (exact) mass is 767 g/mol. The Hall–Kier alpha value is -8.08. The Bertz CT molecular complexity index is 3240. The van der Waals surface area contributed by atoms with E-state index < -0.39 is 0 Å². The lowest BCUT2D eigenvalue weighted by molar-refractivity contribution is 0.670. The van der Waals surface area contributed by atoms with Crippen LogP contribution in [0.3, 0.4) is 0 Å². The third kappa shape index (κ3) is 6.47. The largest absolute Gasteiger partial charge is 0.455 e. The van der Waals surface area contributed by atoms with Crippen LogP contribution in [0, 0.1) is 0 Å². The topological polar surface area (TPSA) is 43.9 Å². The van der Waals surface area contributed by atoms with Crippen molar-refractivity contribution in [3.63, 3.8) is 0 Å². The molecule has 282 valence electrons. The maximum absolute atomic E-state index is 6.79. The number of fused-ring (bicyclic) bond motifs is 3. The van der Waals surface area contributed by atoms with E-state index in [0.29, 0.717) is 0 Å². The van der Waals surface area contributed by atoms with Gasteiger partial charge in [0.2, 0.25) is 0 Å². The van der Waals surface area contributed by atoms with E-state index in [1.54, 1.807) is 0 Å². The Morgan fingerprint density at radius 1 is 0.300 bits per heavy atom. The zero-order chi connectivity index (χ0) is 39.8. The van der Waals surface area contributed by atoms with Crippen LogP contribution in [0.2, 0.25) is 0 Å². The fourth-order valence-electron chi connectivity index (χ4n) is 8.28. The molecular formula is C56H37N3O. The van der Waals surface area contributed by atoms with Gasteiger partial charge < -0.3 is 4.42 Å². The second-order valence-electron chi connectivity index (χ2n) is 15.1. The molecule has 0 saturated heterocycles. The standard InChI is InChI=1S/C56H37N3O/c1-5-13-38(14-6-1)40-21-25-42(26-22-40)47-33-34-53-51(35-47)52-37-48(43-27-23-41(24-28-43)39-15-7-2-8-16-39)36-50(54(52)60-53)44-29-31-46(32-30-44)56-58-57-55(45-17-9-3-10-18-45)59(56)49-19-11-4-12-20-49/h1-37H. The molecule has 11 rings (SSSR count).